The van der Waals surface area contributed by atoms with Crippen molar-refractivity contribution >= 4 is 5.97 Å². The molecule has 11 heteroatoms. The van der Waals surface area contributed by atoms with Gasteiger partial charge in [-0.25, -0.2) is 4.79 Å². The van der Waals surface area contributed by atoms with Crippen molar-refractivity contribution in [2.45, 2.75) is 86.9 Å². The van der Waals surface area contributed by atoms with Gasteiger partial charge >= 0.3 is 5.97 Å². The summed E-state index contributed by atoms with van der Waals surface area (Å²) < 4.78 is 27.8. The van der Waals surface area contributed by atoms with Crippen molar-refractivity contribution < 1.29 is 54.0 Å². The fraction of sp³-hybridized carbons (Fsp3) is 0.792. The molecule has 0 aromatic rings. The summed E-state index contributed by atoms with van der Waals surface area (Å²) >= 11 is 0. The molecule has 5 aliphatic rings. The molecule has 0 aromatic carbocycles. The topological polar surface area (TPSA) is 168 Å². The number of ether oxygens (including phenoxy) is 5. The van der Waals surface area contributed by atoms with Gasteiger partial charge in [-0.1, -0.05) is 25.3 Å². The van der Waals surface area contributed by atoms with Crippen LogP contribution in [0.3, 0.4) is 0 Å². The van der Waals surface area contributed by atoms with Crippen LogP contribution in [0.5, 0.6) is 0 Å². The van der Waals surface area contributed by atoms with Crippen molar-refractivity contribution in [3.05, 3.63) is 24.5 Å². The van der Waals surface area contributed by atoms with Gasteiger partial charge in [0, 0.05) is 12.0 Å². The molecule has 2 aliphatic carbocycles. The number of fused-ring (bicyclic) bond motifs is 3. The summed E-state index contributed by atoms with van der Waals surface area (Å²) in [7, 11) is 0. The van der Waals surface area contributed by atoms with Crippen molar-refractivity contribution in [1.82, 2.24) is 0 Å². The van der Waals surface area contributed by atoms with E-state index < -0.39 is 72.6 Å². The minimum absolute atomic E-state index is 0.349. The van der Waals surface area contributed by atoms with Crippen LogP contribution in [0.25, 0.3) is 0 Å². The van der Waals surface area contributed by atoms with E-state index >= 15 is 0 Å². The Morgan fingerprint density at radius 1 is 1.03 bits per heavy atom. The Morgan fingerprint density at radius 3 is 2.54 bits per heavy atom. The van der Waals surface area contributed by atoms with Crippen LogP contribution in [-0.2, 0) is 28.5 Å². The molecular weight excluding hydrogens is 464 g/mol. The number of carbonyl (C=O) groups excluding carboxylic acids is 1. The summed E-state index contributed by atoms with van der Waals surface area (Å²) in [5.41, 5.74) is -1.03. The molecule has 5 rings (SSSR count). The van der Waals surface area contributed by atoms with Crippen LogP contribution in [0.1, 0.15) is 32.1 Å². The van der Waals surface area contributed by atoms with Crippen LogP contribution in [0, 0.1) is 17.8 Å². The summed E-state index contributed by atoms with van der Waals surface area (Å²) in [5, 5.41) is 51.6. The van der Waals surface area contributed by atoms with Gasteiger partial charge < -0.3 is 49.2 Å². The Balaban J connectivity index is 1.20. The molecule has 0 bridgehead atoms. The third kappa shape index (κ3) is 4.64. The second kappa shape index (κ2) is 10.1. The lowest BCUT2D eigenvalue weighted by Gasteiger charge is -2.43. The summed E-state index contributed by atoms with van der Waals surface area (Å²) in [6, 6.07) is 0. The summed E-state index contributed by atoms with van der Waals surface area (Å²) in [5.74, 6) is -1.22. The monoisotopic (exact) mass is 498 g/mol. The Hall–Kier alpha value is -1.57. The predicted octanol–water partition coefficient (Wildman–Crippen LogP) is -0.903. The number of hydrogen-bond acceptors (Lipinski definition) is 11. The fourth-order valence-electron chi connectivity index (χ4n) is 5.91. The fourth-order valence-corrected chi connectivity index (χ4v) is 5.91. The first-order valence-corrected chi connectivity index (χ1v) is 12.3. The highest BCUT2D eigenvalue weighted by Gasteiger charge is 2.75. The molecule has 2 saturated heterocycles. The van der Waals surface area contributed by atoms with Gasteiger partial charge in [-0.2, -0.15) is 0 Å². The minimum Gasteiger partial charge on any atom is -0.472 e. The quantitative estimate of drug-likeness (QED) is 0.168. The molecule has 0 radical (unpaired) electrons. The van der Waals surface area contributed by atoms with Crippen LogP contribution in [0.2, 0.25) is 0 Å². The van der Waals surface area contributed by atoms with Crippen LogP contribution in [0.4, 0.5) is 0 Å². The average molecular weight is 499 g/mol. The van der Waals surface area contributed by atoms with Gasteiger partial charge in [0.15, 0.2) is 6.29 Å². The lowest BCUT2D eigenvalue weighted by atomic mass is 9.85. The van der Waals surface area contributed by atoms with E-state index in [1.54, 1.807) is 6.08 Å². The number of allylic oxidation sites excluding steroid dienone is 1. The number of hydrogen-bond donors (Lipinski definition) is 5. The van der Waals surface area contributed by atoms with Crippen molar-refractivity contribution in [3.8, 4) is 0 Å². The van der Waals surface area contributed by atoms with E-state index in [1.165, 1.54) is 18.8 Å². The Labute approximate surface area is 202 Å². The van der Waals surface area contributed by atoms with Gasteiger partial charge in [0.25, 0.3) is 0 Å². The number of aliphatic hydroxyl groups excluding tert-OH is 5. The van der Waals surface area contributed by atoms with Crippen LogP contribution in [-0.4, -0.2) is 99.5 Å². The molecule has 0 aromatic heterocycles. The molecule has 0 unspecified atom stereocenters. The molecule has 3 aliphatic heterocycles. The van der Waals surface area contributed by atoms with Crippen LogP contribution in [0.15, 0.2) is 24.5 Å². The van der Waals surface area contributed by atoms with Crippen molar-refractivity contribution in [2.75, 3.05) is 13.2 Å². The zero-order valence-corrected chi connectivity index (χ0v) is 19.3. The maximum absolute atomic E-state index is 12.2. The van der Waals surface area contributed by atoms with Gasteiger partial charge in [0.2, 0.25) is 6.29 Å². The normalized spacial score (nSPS) is 47.2. The Morgan fingerprint density at radius 2 is 1.80 bits per heavy atom. The highest BCUT2D eigenvalue weighted by Crippen LogP contribution is 2.59. The molecule has 0 amide bonds. The zero-order valence-electron chi connectivity index (χ0n) is 19.3. The summed E-state index contributed by atoms with van der Waals surface area (Å²) in [4.78, 5) is 12.2. The van der Waals surface area contributed by atoms with Gasteiger partial charge in [-0.15, -0.1) is 0 Å². The molecule has 35 heavy (non-hydrogen) atoms. The SMILES string of the molecule is O=C(/C=C/C1CCCCC1)OC[C@H]1O[C@@H](O[C@@H]2OC=C[C@H]3[C@H](O)[C@@H]4O[C@]4(CO)[C@@H]23)[C@H](O)[C@@H](O)[C@@H]1O. The molecular formula is C24H34O11. The van der Waals surface area contributed by atoms with Gasteiger partial charge in [0.1, 0.15) is 42.7 Å². The highest BCUT2D eigenvalue weighted by molar-refractivity contribution is 5.81. The Bertz CT molecular complexity index is 826. The molecule has 5 N–H and O–H groups in total. The largest absolute Gasteiger partial charge is 0.472 e. The van der Waals surface area contributed by atoms with Crippen LogP contribution >= 0.6 is 0 Å². The third-order valence-corrected chi connectivity index (χ3v) is 7.99. The molecule has 196 valence electrons. The first-order chi connectivity index (χ1) is 16.9. The second-order valence-corrected chi connectivity index (χ2v) is 10.1. The lowest BCUT2D eigenvalue weighted by Crippen LogP contribution is -2.60. The highest BCUT2D eigenvalue weighted by atomic mass is 16.8. The smallest absolute Gasteiger partial charge is 0.330 e. The summed E-state index contributed by atoms with van der Waals surface area (Å²) in [6.45, 7) is -0.712. The van der Waals surface area contributed by atoms with E-state index in [0.29, 0.717) is 5.92 Å². The van der Waals surface area contributed by atoms with Gasteiger partial charge in [-0.3, -0.25) is 0 Å². The van der Waals surface area contributed by atoms with Crippen LogP contribution < -0.4 is 0 Å². The van der Waals surface area contributed by atoms with Gasteiger partial charge in [-0.05, 0) is 24.8 Å². The number of epoxide rings is 1. The van der Waals surface area contributed by atoms with Crippen molar-refractivity contribution in [2.24, 2.45) is 17.8 Å². The second-order valence-electron chi connectivity index (χ2n) is 10.1. The molecule has 2 saturated carbocycles. The molecule has 3 heterocycles. The van der Waals surface area contributed by atoms with E-state index in [0.717, 1.165) is 25.7 Å². The number of esters is 1. The Kier molecular flexibility index (Phi) is 7.21. The first-order valence-electron chi connectivity index (χ1n) is 12.3. The zero-order chi connectivity index (χ0) is 24.7. The molecule has 11 nitrogen and oxygen atoms in total. The molecule has 11 atom stereocenters. The van der Waals surface area contributed by atoms with E-state index in [4.69, 9.17) is 23.7 Å². The van der Waals surface area contributed by atoms with Gasteiger partial charge in [0.05, 0.1) is 24.9 Å². The third-order valence-electron chi connectivity index (χ3n) is 7.99. The van der Waals surface area contributed by atoms with E-state index in [1.807, 2.05) is 6.08 Å². The minimum atomic E-state index is -1.63. The van der Waals surface area contributed by atoms with E-state index in [-0.39, 0.29) is 13.2 Å². The standard InChI is InChI=1S/C24H34O11/c25-11-24-16-13(17(27)21(24)35-24)8-9-31-22(16)34-23-20(30)19(29)18(28)14(33-23)10-32-15(26)7-6-12-4-2-1-3-5-12/h6-9,12-14,16-23,25,27-30H,1-5,10-11H2/b7-6+/t13-,14-,16-,17+,18-,19+,20-,21+,22+,23+,24-/m1/s1. The number of aliphatic hydroxyl groups is 5. The summed E-state index contributed by atoms with van der Waals surface area (Å²) in [6.07, 6.45) is 1.98. The van der Waals surface area contributed by atoms with Crippen molar-refractivity contribution in [3.63, 3.8) is 0 Å². The number of rotatable bonds is 7. The predicted molar refractivity (Wildman–Crippen MR) is 116 cm³/mol. The van der Waals surface area contributed by atoms with E-state index in [9.17, 15) is 30.3 Å². The average Bonchev–Trinajstić information content (AvgIpc) is 3.57. The molecule has 0 spiro atoms. The number of carbonyl (C=O) groups is 1. The first kappa shape index (κ1) is 25.1. The lowest BCUT2D eigenvalue weighted by molar-refractivity contribution is -0.344. The van der Waals surface area contributed by atoms with E-state index in [2.05, 4.69) is 0 Å². The maximum atomic E-state index is 12.2. The van der Waals surface area contributed by atoms with Crippen molar-refractivity contribution in [1.29, 1.82) is 0 Å². The molecule has 4 fully saturated rings. The maximum Gasteiger partial charge on any atom is 0.330 e.